The number of hydrogen-bond donors (Lipinski definition) is 1. The Morgan fingerprint density at radius 2 is 1.72 bits per heavy atom. The van der Waals surface area contributed by atoms with Crippen molar-refractivity contribution in [3.63, 3.8) is 0 Å². The number of anilines is 1. The SMILES string of the molecule is CCOC(=O)c1ccccc1NC(=O)[C@H](CC)Oc1ccccc1C. The van der Waals surface area contributed by atoms with E-state index in [0.717, 1.165) is 5.56 Å². The summed E-state index contributed by atoms with van der Waals surface area (Å²) in [7, 11) is 0. The second kappa shape index (κ2) is 8.87. The van der Waals surface area contributed by atoms with Crippen molar-refractivity contribution in [3.8, 4) is 5.75 Å². The average molecular weight is 341 g/mol. The van der Waals surface area contributed by atoms with Gasteiger partial charge in [-0.2, -0.15) is 0 Å². The van der Waals surface area contributed by atoms with E-state index in [-0.39, 0.29) is 12.5 Å². The zero-order chi connectivity index (χ0) is 18.2. The lowest BCUT2D eigenvalue weighted by atomic mass is 10.1. The van der Waals surface area contributed by atoms with Gasteiger partial charge >= 0.3 is 5.97 Å². The number of rotatable bonds is 7. The molecule has 0 radical (unpaired) electrons. The van der Waals surface area contributed by atoms with Crippen molar-refractivity contribution in [2.45, 2.75) is 33.3 Å². The quantitative estimate of drug-likeness (QED) is 0.774. The Hall–Kier alpha value is -2.82. The van der Waals surface area contributed by atoms with Gasteiger partial charge in [-0.1, -0.05) is 37.3 Å². The number of para-hydroxylation sites is 2. The van der Waals surface area contributed by atoms with Crippen LogP contribution in [0.2, 0.25) is 0 Å². The Kier molecular flexibility index (Phi) is 6.57. The number of aryl methyl sites for hydroxylation is 1. The molecule has 1 N–H and O–H groups in total. The molecule has 0 aliphatic carbocycles. The van der Waals surface area contributed by atoms with E-state index in [1.165, 1.54) is 0 Å². The highest BCUT2D eigenvalue weighted by molar-refractivity contribution is 6.02. The third kappa shape index (κ3) is 4.83. The van der Waals surface area contributed by atoms with Gasteiger partial charge in [0.25, 0.3) is 5.91 Å². The summed E-state index contributed by atoms with van der Waals surface area (Å²) in [6.45, 7) is 5.81. The number of benzene rings is 2. The van der Waals surface area contributed by atoms with Crippen molar-refractivity contribution >= 4 is 17.6 Å². The Labute approximate surface area is 148 Å². The van der Waals surface area contributed by atoms with Gasteiger partial charge in [-0.3, -0.25) is 4.79 Å². The smallest absolute Gasteiger partial charge is 0.340 e. The van der Waals surface area contributed by atoms with Gasteiger partial charge in [-0.15, -0.1) is 0 Å². The third-order valence-corrected chi connectivity index (χ3v) is 3.71. The summed E-state index contributed by atoms with van der Waals surface area (Å²) in [4.78, 5) is 24.6. The molecule has 0 saturated carbocycles. The first-order chi connectivity index (χ1) is 12.1. The van der Waals surface area contributed by atoms with E-state index in [4.69, 9.17) is 9.47 Å². The van der Waals surface area contributed by atoms with E-state index in [9.17, 15) is 9.59 Å². The molecule has 0 fully saturated rings. The van der Waals surface area contributed by atoms with Crippen LogP contribution in [0.4, 0.5) is 5.69 Å². The molecule has 0 bridgehead atoms. The van der Waals surface area contributed by atoms with Crippen LogP contribution in [0.15, 0.2) is 48.5 Å². The molecule has 0 heterocycles. The molecule has 25 heavy (non-hydrogen) atoms. The van der Waals surface area contributed by atoms with E-state index in [2.05, 4.69) is 5.32 Å². The molecule has 2 aromatic rings. The lowest BCUT2D eigenvalue weighted by Gasteiger charge is -2.19. The molecule has 1 amide bonds. The summed E-state index contributed by atoms with van der Waals surface area (Å²) in [5.74, 6) is -0.100. The minimum Gasteiger partial charge on any atom is -0.480 e. The summed E-state index contributed by atoms with van der Waals surface area (Å²) in [6.07, 6.45) is -0.154. The van der Waals surface area contributed by atoms with Gasteiger partial charge in [0.05, 0.1) is 17.9 Å². The van der Waals surface area contributed by atoms with Crippen LogP contribution < -0.4 is 10.1 Å². The number of esters is 1. The van der Waals surface area contributed by atoms with Gasteiger partial charge in [-0.05, 0) is 44.0 Å². The molecule has 2 aromatic carbocycles. The second-order valence-corrected chi connectivity index (χ2v) is 5.54. The number of ether oxygens (including phenoxy) is 2. The first-order valence-electron chi connectivity index (χ1n) is 8.36. The maximum atomic E-state index is 12.6. The van der Waals surface area contributed by atoms with Crippen LogP contribution >= 0.6 is 0 Å². The maximum Gasteiger partial charge on any atom is 0.340 e. The Morgan fingerprint density at radius 1 is 1.04 bits per heavy atom. The average Bonchev–Trinajstić information content (AvgIpc) is 2.61. The van der Waals surface area contributed by atoms with E-state index in [1.54, 1.807) is 31.2 Å². The fraction of sp³-hybridized carbons (Fsp3) is 0.300. The first kappa shape index (κ1) is 18.5. The van der Waals surface area contributed by atoms with Crippen LogP contribution in [0.1, 0.15) is 36.2 Å². The normalized spacial score (nSPS) is 11.5. The van der Waals surface area contributed by atoms with E-state index >= 15 is 0 Å². The monoisotopic (exact) mass is 341 g/mol. The molecule has 5 nitrogen and oxygen atoms in total. The van der Waals surface area contributed by atoms with Crippen molar-refractivity contribution in [3.05, 3.63) is 59.7 Å². The van der Waals surface area contributed by atoms with E-state index in [0.29, 0.717) is 23.4 Å². The molecule has 0 aliphatic heterocycles. The number of nitrogens with one attached hydrogen (secondary N) is 1. The van der Waals surface area contributed by atoms with Gasteiger partial charge in [-0.25, -0.2) is 4.79 Å². The molecule has 5 heteroatoms. The van der Waals surface area contributed by atoms with E-state index < -0.39 is 12.1 Å². The first-order valence-corrected chi connectivity index (χ1v) is 8.36. The van der Waals surface area contributed by atoms with Crippen molar-refractivity contribution in [1.82, 2.24) is 0 Å². The van der Waals surface area contributed by atoms with Crippen LogP contribution in [-0.4, -0.2) is 24.6 Å². The van der Waals surface area contributed by atoms with Crippen LogP contribution in [0, 0.1) is 6.92 Å². The molecule has 0 aliphatic rings. The number of hydrogen-bond acceptors (Lipinski definition) is 4. The number of carbonyl (C=O) groups excluding carboxylic acids is 2. The highest BCUT2D eigenvalue weighted by Gasteiger charge is 2.21. The molecular formula is C20H23NO4. The second-order valence-electron chi connectivity index (χ2n) is 5.54. The lowest BCUT2D eigenvalue weighted by molar-refractivity contribution is -0.122. The lowest BCUT2D eigenvalue weighted by Crippen LogP contribution is -2.33. The van der Waals surface area contributed by atoms with Gasteiger partial charge in [0, 0.05) is 0 Å². The predicted molar refractivity (Wildman–Crippen MR) is 96.9 cm³/mol. The Balaban J connectivity index is 2.15. The standard InChI is InChI=1S/C20H23NO4/c1-4-17(25-18-13-9-6-10-14(18)3)19(22)21-16-12-8-7-11-15(16)20(23)24-5-2/h6-13,17H,4-5H2,1-3H3,(H,21,22)/t17-/m0/s1. The molecule has 0 aromatic heterocycles. The summed E-state index contributed by atoms with van der Waals surface area (Å²) < 4.78 is 10.9. The largest absolute Gasteiger partial charge is 0.480 e. The minimum absolute atomic E-state index is 0.273. The third-order valence-electron chi connectivity index (χ3n) is 3.71. The van der Waals surface area contributed by atoms with Crippen LogP contribution in [0.5, 0.6) is 5.75 Å². The molecule has 1 atom stereocenters. The number of carbonyl (C=O) groups is 2. The van der Waals surface area contributed by atoms with Crippen molar-refractivity contribution in [1.29, 1.82) is 0 Å². The van der Waals surface area contributed by atoms with Crippen LogP contribution in [-0.2, 0) is 9.53 Å². The van der Waals surface area contributed by atoms with E-state index in [1.807, 2.05) is 38.1 Å². The van der Waals surface area contributed by atoms with Gasteiger partial charge in [0.2, 0.25) is 0 Å². The van der Waals surface area contributed by atoms with Crippen molar-refractivity contribution in [2.24, 2.45) is 0 Å². The molecular weight excluding hydrogens is 318 g/mol. The predicted octanol–water partition coefficient (Wildman–Crippen LogP) is 3.97. The molecule has 0 saturated heterocycles. The molecule has 0 spiro atoms. The summed E-state index contributed by atoms with van der Waals surface area (Å²) in [5, 5.41) is 2.78. The summed E-state index contributed by atoms with van der Waals surface area (Å²) in [6, 6.07) is 14.3. The summed E-state index contributed by atoms with van der Waals surface area (Å²) >= 11 is 0. The molecule has 2 rings (SSSR count). The fourth-order valence-electron chi connectivity index (χ4n) is 2.36. The van der Waals surface area contributed by atoms with Gasteiger partial charge < -0.3 is 14.8 Å². The maximum absolute atomic E-state index is 12.6. The van der Waals surface area contributed by atoms with Crippen LogP contribution in [0.3, 0.4) is 0 Å². The minimum atomic E-state index is -0.656. The highest BCUT2D eigenvalue weighted by Crippen LogP contribution is 2.21. The van der Waals surface area contributed by atoms with Gasteiger partial charge in [0.15, 0.2) is 6.10 Å². The Morgan fingerprint density at radius 3 is 2.40 bits per heavy atom. The number of amides is 1. The summed E-state index contributed by atoms with van der Waals surface area (Å²) in [5.41, 5.74) is 1.70. The Bertz CT molecular complexity index is 742. The topological polar surface area (TPSA) is 64.6 Å². The van der Waals surface area contributed by atoms with Crippen molar-refractivity contribution in [2.75, 3.05) is 11.9 Å². The zero-order valence-corrected chi connectivity index (χ0v) is 14.7. The molecule has 0 unspecified atom stereocenters. The van der Waals surface area contributed by atoms with Crippen LogP contribution in [0.25, 0.3) is 0 Å². The molecule has 132 valence electrons. The van der Waals surface area contributed by atoms with Crippen molar-refractivity contribution < 1.29 is 19.1 Å². The zero-order valence-electron chi connectivity index (χ0n) is 14.7. The highest BCUT2D eigenvalue weighted by atomic mass is 16.5. The fourth-order valence-corrected chi connectivity index (χ4v) is 2.36. The van der Waals surface area contributed by atoms with Gasteiger partial charge in [0.1, 0.15) is 5.75 Å².